The zero-order valence-electron chi connectivity index (χ0n) is 12.2. The monoisotopic (exact) mass is 312 g/mol. The fourth-order valence-corrected chi connectivity index (χ4v) is 2.63. The lowest BCUT2D eigenvalue weighted by molar-refractivity contribution is -0.135. The van der Waals surface area contributed by atoms with Crippen LogP contribution in [0.4, 0.5) is 5.69 Å². The Labute approximate surface area is 130 Å². The number of benzene rings is 1. The summed E-state index contributed by atoms with van der Waals surface area (Å²) in [4.78, 5) is 15.2. The summed E-state index contributed by atoms with van der Waals surface area (Å²) >= 11 is 5.89. The van der Waals surface area contributed by atoms with E-state index in [2.05, 4.69) is 11.8 Å². The molecule has 1 heterocycles. The summed E-state index contributed by atoms with van der Waals surface area (Å²) in [7, 11) is 0. The first-order chi connectivity index (χ1) is 10.1. The van der Waals surface area contributed by atoms with Gasteiger partial charge in [-0.25, -0.2) is 0 Å². The second-order valence-corrected chi connectivity index (χ2v) is 5.57. The van der Waals surface area contributed by atoms with E-state index in [1.54, 1.807) is 12.1 Å². The van der Waals surface area contributed by atoms with Gasteiger partial charge >= 0.3 is 5.97 Å². The van der Waals surface area contributed by atoms with Crippen molar-refractivity contribution in [3.63, 3.8) is 0 Å². The van der Waals surface area contributed by atoms with Gasteiger partial charge in [-0.2, -0.15) is 0 Å². The number of rotatable bonds is 6. The molecule has 1 fully saturated rings. The molecule has 116 valence electrons. The third-order valence-electron chi connectivity index (χ3n) is 3.61. The Hall–Kier alpha value is -1.30. The Bertz CT molecular complexity index is 466. The molecule has 1 aliphatic heterocycles. The number of ether oxygens (including phenoxy) is 1. The summed E-state index contributed by atoms with van der Waals surface area (Å²) in [5.74, 6) is -0.854. The number of carboxylic acids is 1. The highest BCUT2D eigenvalue weighted by atomic mass is 35.5. The maximum absolute atomic E-state index is 11.1. The second kappa shape index (κ2) is 7.64. The van der Waals surface area contributed by atoms with E-state index in [-0.39, 0.29) is 12.6 Å². The van der Waals surface area contributed by atoms with Crippen molar-refractivity contribution >= 4 is 23.3 Å². The molecule has 1 aromatic rings. The Morgan fingerprint density at radius 2 is 2.19 bits per heavy atom. The van der Waals surface area contributed by atoms with Gasteiger partial charge in [0.2, 0.25) is 0 Å². The Morgan fingerprint density at radius 1 is 1.48 bits per heavy atom. The maximum atomic E-state index is 11.1. The van der Waals surface area contributed by atoms with Gasteiger partial charge in [0.05, 0.1) is 12.7 Å². The molecule has 0 bridgehead atoms. The van der Waals surface area contributed by atoms with E-state index >= 15 is 0 Å². The number of nitrogens with zero attached hydrogens (tertiary/aromatic N) is 2. The highest BCUT2D eigenvalue weighted by Gasteiger charge is 2.23. The van der Waals surface area contributed by atoms with E-state index < -0.39 is 5.97 Å². The van der Waals surface area contributed by atoms with E-state index in [1.165, 1.54) is 0 Å². The number of anilines is 1. The molecule has 1 unspecified atom stereocenters. The first-order valence-electron chi connectivity index (χ1n) is 7.14. The van der Waals surface area contributed by atoms with Crippen LogP contribution in [-0.4, -0.2) is 61.4 Å². The van der Waals surface area contributed by atoms with Gasteiger partial charge in [0.25, 0.3) is 0 Å². The van der Waals surface area contributed by atoms with Crippen molar-refractivity contribution in [1.29, 1.82) is 0 Å². The molecule has 0 aromatic heterocycles. The Balaban J connectivity index is 2.05. The summed E-state index contributed by atoms with van der Waals surface area (Å²) < 4.78 is 5.76. The van der Waals surface area contributed by atoms with Gasteiger partial charge in [-0.15, -0.1) is 0 Å². The first-order valence-corrected chi connectivity index (χ1v) is 7.52. The number of aliphatic carboxylic acids is 1. The molecular formula is C15H21ClN2O3. The maximum Gasteiger partial charge on any atom is 0.323 e. The lowest BCUT2D eigenvalue weighted by Crippen LogP contribution is -2.48. The van der Waals surface area contributed by atoms with Crippen LogP contribution >= 0.6 is 11.6 Å². The van der Waals surface area contributed by atoms with Crippen molar-refractivity contribution in [2.75, 3.05) is 44.2 Å². The van der Waals surface area contributed by atoms with Gasteiger partial charge in [0.1, 0.15) is 6.54 Å². The van der Waals surface area contributed by atoms with Crippen molar-refractivity contribution in [2.45, 2.75) is 13.0 Å². The molecule has 1 saturated heterocycles. The largest absolute Gasteiger partial charge is 0.480 e. The zero-order chi connectivity index (χ0) is 15.2. The van der Waals surface area contributed by atoms with Gasteiger partial charge in [-0.3, -0.25) is 9.69 Å². The summed E-state index contributed by atoms with van der Waals surface area (Å²) in [5, 5.41) is 9.75. The summed E-state index contributed by atoms with van der Waals surface area (Å²) in [6.45, 7) is 6.08. The molecule has 6 heteroatoms. The summed E-state index contributed by atoms with van der Waals surface area (Å²) in [5.41, 5.74) is 0.846. The lowest BCUT2D eigenvalue weighted by Gasteiger charge is -2.35. The van der Waals surface area contributed by atoms with Gasteiger partial charge in [-0.1, -0.05) is 18.5 Å². The van der Waals surface area contributed by atoms with E-state index in [0.717, 1.165) is 25.3 Å². The van der Waals surface area contributed by atoms with Crippen molar-refractivity contribution < 1.29 is 14.6 Å². The molecule has 1 atom stereocenters. The molecule has 0 spiro atoms. The van der Waals surface area contributed by atoms with E-state index in [1.807, 2.05) is 17.0 Å². The molecule has 0 aliphatic carbocycles. The predicted octanol–water partition coefficient (Wildman–Crippen LogP) is 1.95. The number of morpholine rings is 1. The van der Waals surface area contributed by atoms with Gasteiger partial charge < -0.3 is 14.7 Å². The number of hydrogen-bond acceptors (Lipinski definition) is 4. The smallest absolute Gasteiger partial charge is 0.323 e. The minimum atomic E-state index is -0.854. The van der Waals surface area contributed by atoms with E-state index in [9.17, 15) is 4.79 Å². The van der Waals surface area contributed by atoms with Crippen LogP contribution < -0.4 is 4.90 Å². The van der Waals surface area contributed by atoms with Crippen LogP contribution in [0.3, 0.4) is 0 Å². The minimum Gasteiger partial charge on any atom is -0.480 e. The molecule has 0 saturated carbocycles. The Kier molecular flexibility index (Phi) is 5.85. The first kappa shape index (κ1) is 16.1. The highest BCUT2D eigenvalue weighted by molar-refractivity contribution is 6.30. The summed E-state index contributed by atoms with van der Waals surface area (Å²) in [6, 6.07) is 7.22. The third-order valence-corrected chi connectivity index (χ3v) is 3.86. The molecule has 1 aromatic carbocycles. The van der Waals surface area contributed by atoms with Crippen LogP contribution in [0.1, 0.15) is 6.92 Å². The number of carbonyl (C=O) groups is 1. The van der Waals surface area contributed by atoms with E-state index in [4.69, 9.17) is 21.4 Å². The standard InChI is InChI=1S/C15H21ClN2O3/c1-2-17-7-8-21-14(9-17)10-18(11-15(19)20)13-5-3-12(16)4-6-13/h3-6,14H,2,7-11H2,1H3,(H,19,20). The van der Waals surface area contributed by atoms with Crippen LogP contribution in [0.25, 0.3) is 0 Å². The average Bonchev–Trinajstić information content (AvgIpc) is 2.47. The van der Waals surface area contributed by atoms with Crippen molar-refractivity contribution in [2.24, 2.45) is 0 Å². The van der Waals surface area contributed by atoms with Gasteiger partial charge in [-0.05, 0) is 30.8 Å². The SMILES string of the molecule is CCN1CCOC(CN(CC(=O)O)c2ccc(Cl)cc2)C1. The van der Waals surface area contributed by atoms with Crippen LogP contribution in [0.5, 0.6) is 0 Å². The van der Waals surface area contributed by atoms with Crippen LogP contribution in [-0.2, 0) is 9.53 Å². The lowest BCUT2D eigenvalue weighted by atomic mass is 10.2. The molecule has 0 amide bonds. The van der Waals surface area contributed by atoms with Gasteiger partial charge in [0, 0.05) is 30.3 Å². The van der Waals surface area contributed by atoms with E-state index in [0.29, 0.717) is 18.2 Å². The fourth-order valence-electron chi connectivity index (χ4n) is 2.50. The molecular weight excluding hydrogens is 292 g/mol. The third kappa shape index (κ3) is 4.88. The number of likely N-dealkylation sites (N-methyl/N-ethyl adjacent to an activating group) is 1. The second-order valence-electron chi connectivity index (χ2n) is 5.14. The Morgan fingerprint density at radius 3 is 2.81 bits per heavy atom. The average molecular weight is 313 g/mol. The zero-order valence-corrected chi connectivity index (χ0v) is 12.9. The molecule has 1 aliphatic rings. The van der Waals surface area contributed by atoms with Gasteiger partial charge in [0.15, 0.2) is 0 Å². The molecule has 2 rings (SSSR count). The molecule has 0 radical (unpaired) electrons. The number of carboxylic acid groups (broad SMARTS) is 1. The number of hydrogen-bond donors (Lipinski definition) is 1. The number of halogens is 1. The summed E-state index contributed by atoms with van der Waals surface area (Å²) in [6.07, 6.45) is 0.0220. The van der Waals surface area contributed by atoms with Crippen LogP contribution in [0.2, 0.25) is 5.02 Å². The molecule has 1 N–H and O–H groups in total. The minimum absolute atomic E-state index is 0.0220. The van der Waals surface area contributed by atoms with Crippen molar-refractivity contribution in [3.8, 4) is 0 Å². The topological polar surface area (TPSA) is 53.0 Å². The molecule has 5 nitrogen and oxygen atoms in total. The van der Waals surface area contributed by atoms with Crippen molar-refractivity contribution in [1.82, 2.24) is 4.90 Å². The molecule has 21 heavy (non-hydrogen) atoms. The normalized spacial score (nSPS) is 19.4. The quantitative estimate of drug-likeness (QED) is 0.870. The highest BCUT2D eigenvalue weighted by Crippen LogP contribution is 2.19. The fraction of sp³-hybridized carbons (Fsp3) is 0.533. The van der Waals surface area contributed by atoms with Crippen molar-refractivity contribution in [3.05, 3.63) is 29.3 Å². The predicted molar refractivity (Wildman–Crippen MR) is 83.2 cm³/mol. The van der Waals surface area contributed by atoms with Crippen LogP contribution in [0, 0.1) is 0 Å². The van der Waals surface area contributed by atoms with Crippen LogP contribution in [0.15, 0.2) is 24.3 Å².